The number of aryl methyl sites for hydroxylation is 1. The molecule has 0 saturated carbocycles. The Morgan fingerprint density at radius 2 is 2.00 bits per heavy atom. The predicted octanol–water partition coefficient (Wildman–Crippen LogP) is 2.25. The third-order valence-corrected chi connectivity index (χ3v) is 3.39. The van der Waals surface area contributed by atoms with E-state index in [0.29, 0.717) is 12.1 Å². The van der Waals surface area contributed by atoms with Crippen LogP contribution in [0, 0.1) is 6.92 Å². The maximum atomic E-state index is 12.1. The summed E-state index contributed by atoms with van der Waals surface area (Å²) in [7, 11) is 3.95. The molecule has 1 aromatic heterocycles. The van der Waals surface area contributed by atoms with E-state index < -0.39 is 0 Å². The van der Waals surface area contributed by atoms with Crippen molar-refractivity contribution < 1.29 is 4.79 Å². The molecule has 0 saturated heterocycles. The molecule has 1 heterocycles. The van der Waals surface area contributed by atoms with E-state index in [4.69, 9.17) is 0 Å². The Bertz CT molecular complexity index is 601. The molecule has 0 radical (unpaired) electrons. The molecule has 5 heteroatoms. The van der Waals surface area contributed by atoms with Crippen LogP contribution < -0.4 is 10.2 Å². The minimum atomic E-state index is -0.0592. The SMILES string of the molecule is Cc1cnn([C@H](C)CNC(=O)c2ccc(N(C)C)cc2)c1. The Labute approximate surface area is 125 Å². The van der Waals surface area contributed by atoms with Gasteiger partial charge >= 0.3 is 0 Å². The molecule has 1 N–H and O–H groups in total. The monoisotopic (exact) mass is 286 g/mol. The first-order valence-electron chi connectivity index (χ1n) is 7.03. The van der Waals surface area contributed by atoms with Crippen LogP contribution >= 0.6 is 0 Å². The molecule has 5 nitrogen and oxygen atoms in total. The zero-order chi connectivity index (χ0) is 15.4. The second-order valence-electron chi connectivity index (χ2n) is 5.50. The van der Waals surface area contributed by atoms with E-state index >= 15 is 0 Å². The van der Waals surface area contributed by atoms with E-state index in [-0.39, 0.29) is 11.9 Å². The summed E-state index contributed by atoms with van der Waals surface area (Å²) >= 11 is 0. The molecule has 0 spiro atoms. The van der Waals surface area contributed by atoms with E-state index in [9.17, 15) is 4.79 Å². The largest absolute Gasteiger partial charge is 0.378 e. The van der Waals surface area contributed by atoms with Gasteiger partial charge < -0.3 is 10.2 Å². The van der Waals surface area contributed by atoms with Crippen molar-refractivity contribution in [1.29, 1.82) is 0 Å². The lowest BCUT2D eigenvalue weighted by Gasteiger charge is -2.14. The standard InChI is InChI=1S/C16H22N4O/c1-12-9-18-20(11-12)13(2)10-17-16(21)14-5-7-15(8-6-14)19(3)4/h5-9,11,13H,10H2,1-4H3,(H,17,21)/t13-/m1/s1. The molecule has 21 heavy (non-hydrogen) atoms. The lowest BCUT2D eigenvalue weighted by atomic mass is 10.2. The quantitative estimate of drug-likeness (QED) is 0.917. The molecule has 1 atom stereocenters. The average molecular weight is 286 g/mol. The summed E-state index contributed by atoms with van der Waals surface area (Å²) in [5, 5.41) is 7.20. The van der Waals surface area contributed by atoms with Crippen molar-refractivity contribution >= 4 is 11.6 Å². The number of anilines is 1. The van der Waals surface area contributed by atoms with Gasteiger partial charge in [-0.1, -0.05) is 0 Å². The third kappa shape index (κ3) is 3.84. The Hall–Kier alpha value is -2.30. The van der Waals surface area contributed by atoms with Crippen molar-refractivity contribution in [3.8, 4) is 0 Å². The van der Waals surface area contributed by atoms with Crippen molar-refractivity contribution in [3.05, 3.63) is 47.8 Å². The highest BCUT2D eigenvalue weighted by Crippen LogP contribution is 2.12. The van der Waals surface area contributed by atoms with Crippen LogP contribution in [0.15, 0.2) is 36.7 Å². The van der Waals surface area contributed by atoms with Gasteiger partial charge in [-0.2, -0.15) is 5.10 Å². The number of amides is 1. The highest BCUT2D eigenvalue weighted by atomic mass is 16.1. The molecule has 1 aromatic carbocycles. The molecule has 0 aliphatic heterocycles. The molecule has 112 valence electrons. The summed E-state index contributed by atoms with van der Waals surface area (Å²) in [6.07, 6.45) is 3.79. The molecule has 0 aliphatic carbocycles. The van der Waals surface area contributed by atoms with Crippen LogP contribution in [0.25, 0.3) is 0 Å². The number of nitrogens with one attached hydrogen (secondary N) is 1. The fraction of sp³-hybridized carbons (Fsp3) is 0.375. The van der Waals surface area contributed by atoms with E-state index in [2.05, 4.69) is 10.4 Å². The molecule has 2 aromatic rings. The first-order valence-corrected chi connectivity index (χ1v) is 7.03. The second kappa shape index (κ2) is 6.43. The van der Waals surface area contributed by atoms with Gasteiger partial charge in [0.25, 0.3) is 5.91 Å². The molecular weight excluding hydrogens is 264 g/mol. The number of aromatic nitrogens is 2. The maximum absolute atomic E-state index is 12.1. The Kier molecular flexibility index (Phi) is 4.62. The maximum Gasteiger partial charge on any atom is 0.251 e. The molecule has 1 amide bonds. The summed E-state index contributed by atoms with van der Waals surface area (Å²) in [5.74, 6) is -0.0592. The van der Waals surface area contributed by atoms with Gasteiger partial charge in [0.15, 0.2) is 0 Å². The van der Waals surface area contributed by atoms with Crippen LogP contribution in [0.5, 0.6) is 0 Å². The lowest BCUT2D eigenvalue weighted by Crippen LogP contribution is -2.29. The molecule has 0 unspecified atom stereocenters. The summed E-state index contributed by atoms with van der Waals surface area (Å²) < 4.78 is 1.87. The number of carbonyl (C=O) groups is 1. The fourth-order valence-electron chi connectivity index (χ4n) is 2.02. The van der Waals surface area contributed by atoms with Gasteiger partial charge in [0.1, 0.15) is 0 Å². The Morgan fingerprint density at radius 3 is 2.52 bits per heavy atom. The average Bonchev–Trinajstić information content (AvgIpc) is 2.91. The topological polar surface area (TPSA) is 50.2 Å². The highest BCUT2D eigenvalue weighted by Gasteiger charge is 2.10. The van der Waals surface area contributed by atoms with Crippen molar-refractivity contribution in [3.63, 3.8) is 0 Å². The van der Waals surface area contributed by atoms with Gasteiger partial charge in [-0.05, 0) is 43.7 Å². The number of hydrogen-bond acceptors (Lipinski definition) is 3. The number of nitrogens with zero attached hydrogens (tertiary/aromatic N) is 3. The van der Waals surface area contributed by atoms with Crippen molar-refractivity contribution in [2.75, 3.05) is 25.5 Å². The third-order valence-electron chi connectivity index (χ3n) is 3.39. The van der Waals surface area contributed by atoms with Gasteiger partial charge in [0.2, 0.25) is 0 Å². The molecular formula is C16H22N4O. The van der Waals surface area contributed by atoms with Gasteiger partial charge in [0, 0.05) is 38.1 Å². The molecule has 2 rings (SSSR count). The van der Waals surface area contributed by atoms with Crippen LogP contribution in [-0.2, 0) is 0 Å². The van der Waals surface area contributed by atoms with Gasteiger partial charge in [-0.25, -0.2) is 0 Å². The second-order valence-corrected chi connectivity index (χ2v) is 5.50. The fourth-order valence-corrected chi connectivity index (χ4v) is 2.02. The minimum absolute atomic E-state index is 0.0592. The minimum Gasteiger partial charge on any atom is -0.378 e. The van der Waals surface area contributed by atoms with Crippen LogP contribution in [0.2, 0.25) is 0 Å². The van der Waals surface area contributed by atoms with Crippen LogP contribution in [-0.4, -0.2) is 36.3 Å². The van der Waals surface area contributed by atoms with E-state index in [1.165, 1.54) is 0 Å². The van der Waals surface area contributed by atoms with E-state index in [1.807, 2.05) is 74.2 Å². The van der Waals surface area contributed by atoms with E-state index in [1.54, 1.807) is 0 Å². The predicted molar refractivity (Wildman–Crippen MR) is 84.8 cm³/mol. The van der Waals surface area contributed by atoms with Crippen molar-refractivity contribution in [1.82, 2.24) is 15.1 Å². The molecule has 0 bridgehead atoms. The van der Waals surface area contributed by atoms with Gasteiger partial charge in [-0.15, -0.1) is 0 Å². The zero-order valence-electron chi connectivity index (χ0n) is 13.0. The smallest absolute Gasteiger partial charge is 0.251 e. The number of hydrogen-bond donors (Lipinski definition) is 1. The zero-order valence-corrected chi connectivity index (χ0v) is 13.0. The Balaban J connectivity index is 1.92. The highest BCUT2D eigenvalue weighted by molar-refractivity contribution is 5.94. The molecule has 0 aliphatic rings. The number of rotatable bonds is 5. The number of carbonyl (C=O) groups excluding carboxylic acids is 1. The summed E-state index contributed by atoms with van der Waals surface area (Å²) in [6.45, 7) is 4.58. The van der Waals surface area contributed by atoms with Gasteiger partial charge in [-0.3, -0.25) is 9.48 Å². The van der Waals surface area contributed by atoms with Crippen LogP contribution in [0.4, 0.5) is 5.69 Å². The Morgan fingerprint density at radius 1 is 1.33 bits per heavy atom. The number of benzene rings is 1. The summed E-state index contributed by atoms with van der Waals surface area (Å²) in [4.78, 5) is 14.1. The van der Waals surface area contributed by atoms with Crippen molar-refractivity contribution in [2.45, 2.75) is 19.9 Å². The summed E-state index contributed by atoms with van der Waals surface area (Å²) in [6, 6.07) is 7.69. The normalized spacial score (nSPS) is 12.0. The van der Waals surface area contributed by atoms with E-state index in [0.717, 1.165) is 11.3 Å². The first-order chi connectivity index (χ1) is 9.97. The molecule has 0 fully saturated rings. The summed E-state index contributed by atoms with van der Waals surface area (Å²) in [5.41, 5.74) is 2.86. The first kappa shape index (κ1) is 15.1. The lowest BCUT2D eigenvalue weighted by molar-refractivity contribution is 0.0948. The van der Waals surface area contributed by atoms with Crippen molar-refractivity contribution in [2.24, 2.45) is 0 Å². The van der Waals surface area contributed by atoms with Crippen LogP contribution in [0.1, 0.15) is 28.9 Å². The van der Waals surface area contributed by atoms with Gasteiger partial charge in [0.05, 0.1) is 12.2 Å². The van der Waals surface area contributed by atoms with Crippen LogP contribution in [0.3, 0.4) is 0 Å².